The van der Waals surface area contributed by atoms with Crippen molar-refractivity contribution in [1.29, 1.82) is 0 Å². The van der Waals surface area contributed by atoms with E-state index in [1.807, 2.05) is 6.07 Å². The number of amides is 1. The topological polar surface area (TPSA) is 51.2 Å². The van der Waals surface area contributed by atoms with Crippen molar-refractivity contribution in [2.24, 2.45) is 0 Å². The minimum atomic E-state index is -0.143. The van der Waals surface area contributed by atoms with Gasteiger partial charge in [-0.2, -0.15) is 0 Å². The fraction of sp³-hybridized carbons (Fsp3) is 0.600. The van der Waals surface area contributed by atoms with E-state index >= 15 is 0 Å². The minimum Gasteiger partial charge on any atom is -0.378 e. The zero-order chi connectivity index (χ0) is 14.2. The van der Waals surface area contributed by atoms with Crippen LogP contribution in [0.4, 0.5) is 0 Å². The van der Waals surface area contributed by atoms with E-state index in [2.05, 4.69) is 26.2 Å². The van der Waals surface area contributed by atoms with Gasteiger partial charge in [-0.1, -0.05) is 19.3 Å². The van der Waals surface area contributed by atoms with Crippen LogP contribution in [0.25, 0.3) is 0 Å². The van der Waals surface area contributed by atoms with Crippen molar-refractivity contribution in [2.75, 3.05) is 13.2 Å². The lowest BCUT2D eigenvalue weighted by atomic mass is 9.98. The van der Waals surface area contributed by atoms with E-state index in [1.54, 1.807) is 12.3 Å². The van der Waals surface area contributed by atoms with Crippen LogP contribution in [-0.4, -0.2) is 30.1 Å². The maximum Gasteiger partial charge on any atom is 0.271 e. The van der Waals surface area contributed by atoms with Gasteiger partial charge in [0.25, 0.3) is 5.91 Å². The monoisotopic (exact) mass is 340 g/mol. The van der Waals surface area contributed by atoms with E-state index < -0.39 is 0 Å². The number of rotatable bonds is 6. The van der Waals surface area contributed by atoms with E-state index in [-0.39, 0.29) is 5.91 Å². The van der Waals surface area contributed by atoms with E-state index in [9.17, 15) is 4.79 Å². The lowest BCUT2D eigenvalue weighted by molar-refractivity contribution is 0.0273. The highest BCUT2D eigenvalue weighted by molar-refractivity contribution is 9.10. The van der Waals surface area contributed by atoms with E-state index in [0.717, 1.165) is 10.9 Å². The molecule has 0 unspecified atom stereocenters. The van der Waals surface area contributed by atoms with Crippen LogP contribution in [0.5, 0.6) is 0 Å². The molecule has 0 spiro atoms. The average molecular weight is 341 g/mol. The summed E-state index contributed by atoms with van der Waals surface area (Å²) in [6, 6.07) is 3.60. The molecule has 0 aliphatic heterocycles. The van der Waals surface area contributed by atoms with Gasteiger partial charge in [0.2, 0.25) is 0 Å². The Morgan fingerprint density at radius 1 is 1.40 bits per heavy atom. The molecule has 1 amide bonds. The molecule has 1 aliphatic carbocycles. The molecule has 4 nitrogen and oxygen atoms in total. The summed E-state index contributed by atoms with van der Waals surface area (Å²) in [5.74, 6) is -0.143. The van der Waals surface area contributed by atoms with Crippen LogP contribution in [0.2, 0.25) is 0 Å². The minimum absolute atomic E-state index is 0.143. The number of nitrogens with one attached hydrogen (secondary N) is 1. The second kappa shape index (κ2) is 8.37. The maximum atomic E-state index is 11.9. The Kier molecular flexibility index (Phi) is 6.47. The van der Waals surface area contributed by atoms with Gasteiger partial charge in [0.1, 0.15) is 5.69 Å². The maximum absolute atomic E-state index is 11.9. The van der Waals surface area contributed by atoms with E-state index in [4.69, 9.17) is 4.74 Å². The molecule has 1 aromatic rings. The number of pyridine rings is 1. The van der Waals surface area contributed by atoms with Gasteiger partial charge >= 0.3 is 0 Å². The number of hydrogen-bond acceptors (Lipinski definition) is 3. The molecule has 1 N–H and O–H groups in total. The second-order valence-electron chi connectivity index (χ2n) is 5.07. The molecule has 2 rings (SSSR count). The van der Waals surface area contributed by atoms with Crippen molar-refractivity contribution >= 4 is 21.8 Å². The molecule has 20 heavy (non-hydrogen) atoms. The van der Waals surface area contributed by atoms with Gasteiger partial charge in [0, 0.05) is 23.8 Å². The third-order valence-electron chi connectivity index (χ3n) is 3.49. The highest BCUT2D eigenvalue weighted by Gasteiger charge is 2.13. The normalized spacial score (nSPS) is 16.1. The molecular weight excluding hydrogens is 320 g/mol. The largest absolute Gasteiger partial charge is 0.378 e. The van der Waals surface area contributed by atoms with Crippen LogP contribution in [0.15, 0.2) is 22.8 Å². The molecule has 0 atom stereocenters. The first-order valence-electron chi connectivity index (χ1n) is 7.27. The zero-order valence-electron chi connectivity index (χ0n) is 11.6. The van der Waals surface area contributed by atoms with Crippen molar-refractivity contribution in [2.45, 2.75) is 44.6 Å². The van der Waals surface area contributed by atoms with Crippen molar-refractivity contribution in [3.8, 4) is 0 Å². The molecule has 5 heteroatoms. The molecule has 0 bridgehead atoms. The molecule has 1 saturated carbocycles. The van der Waals surface area contributed by atoms with Crippen LogP contribution in [0.3, 0.4) is 0 Å². The summed E-state index contributed by atoms with van der Waals surface area (Å²) in [6.07, 6.45) is 9.18. The summed E-state index contributed by atoms with van der Waals surface area (Å²) in [4.78, 5) is 15.9. The molecule has 0 aromatic carbocycles. The predicted molar refractivity (Wildman–Crippen MR) is 81.7 cm³/mol. The number of hydrogen-bond donors (Lipinski definition) is 1. The summed E-state index contributed by atoms with van der Waals surface area (Å²) < 4.78 is 6.54. The number of halogens is 1. The van der Waals surface area contributed by atoms with Crippen LogP contribution >= 0.6 is 15.9 Å². The highest BCUT2D eigenvalue weighted by atomic mass is 79.9. The first kappa shape index (κ1) is 15.4. The molecule has 1 fully saturated rings. The Labute approximate surface area is 128 Å². The standard InChI is InChI=1S/C15H21BrN2O2/c16-13-8-4-9-17-14(13)15(19)18-10-5-11-20-12-6-2-1-3-7-12/h4,8-9,12H,1-3,5-7,10-11H2,(H,18,19). The lowest BCUT2D eigenvalue weighted by Crippen LogP contribution is -2.27. The third kappa shape index (κ3) is 4.87. The fourth-order valence-electron chi connectivity index (χ4n) is 2.39. The molecule has 0 radical (unpaired) electrons. The van der Waals surface area contributed by atoms with Gasteiger partial charge in [-0.15, -0.1) is 0 Å². The molecule has 1 aliphatic rings. The van der Waals surface area contributed by atoms with Crippen LogP contribution in [0.1, 0.15) is 49.0 Å². The predicted octanol–water partition coefficient (Wildman–Crippen LogP) is 3.31. The van der Waals surface area contributed by atoms with Gasteiger partial charge < -0.3 is 10.1 Å². The van der Waals surface area contributed by atoms with Crippen LogP contribution in [-0.2, 0) is 4.74 Å². The zero-order valence-corrected chi connectivity index (χ0v) is 13.2. The van der Waals surface area contributed by atoms with Gasteiger partial charge in [-0.05, 0) is 47.3 Å². The summed E-state index contributed by atoms with van der Waals surface area (Å²) in [6.45, 7) is 1.34. The molecule has 1 aromatic heterocycles. The number of aromatic nitrogens is 1. The molecule has 0 saturated heterocycles. The Bertz CT molecular complexity index is 434. The summed E-state index contributed by atoms with van der Waals surface area (Å²) in [7, 11) is 0. The van der Waals surface area contributed by atoms with E-state index in [0.29, 0.717) is 24.9 Å². The van der Waals surface area contributed by atoms with Gasteiger partial charge in [-0.25, -0.2) is 4.98 Å². The summed E-state index contributed by atoms with van der Waals surface area (Å²) in [5.41, 5.74) is 0.431. The summed E-state index contributed by atoms with van der Waals surface area (Å²) >= 11 is 3.32. The van der Waals surface area contributed by atoms with E-state index in [1.165, 1.54) is 32.1 Å². The SMILES string of the molecule is O=C(NCCCOC1CCCCC1)c1ncccc1Br. The van der Waals surface area contributed by atoms with Gasteiger partial charge in [0.05, 0.1) is 6.10 Å². The Hall–Kier alpha value is -0.940. The van der Waals surface area contributed by atoms with Crippen molar-refractivity contribution in [1.82, 2.24) is 10.3 Å². The molecule has 1 heterocycles. The van der Waals surface area contributed by atoms with Crippen LogP contribution < -0.4 is 5.32 Å². The molecular formula is C15H21BrN2O2. The second-order valence-corrected chi connectivity index (χ2v) is 5.93. The Balaban J connectivity index is 1.61. The van der Waals surface area contributed by atoms with Crippen LogP contribution in [0, 0.1) is 0 Å². The summed E-state index contributed by atoms with van der Waals surface area (Å²) in [5, 5.41) is 2.87. The van der Waals surface area contributed by atoms with Crippen molar-refractivity contribution < 1.29 is 9.53 Å². The Morgan fingerprint density at radius 2 is 2.20 bits per heavy atom. The van der Waals surface area contributed by atoms with Crippen molar-refractivity contribution in [3.05, 3.63) is 28.5 Å². The number of carbonyl (C=O) groups excluding carboxylic acids is 1. The smallest absolute Gasteiger partial charge is 0.271 e. The number of nitrogens with zero attached hydrogens (tertiary/aromatic N) is 1. The first-order valence-corrected chi connectivity index (χ1v) is 8.07. The average Bonchev–Trinajstić information content (AvgIpc) is 2.48. The fourth-order valence-corrected chi connectivity index (χ4v) is 2.83. The Morgan fingerprint density at radius 3 is 2.95 bits per heavy atom. The first-order chi connectivity index (χ1) is 9.77. The van der Waals surface area contributed by atoms with Gasteiger partial charge in [-0.3, -0.25) is 4.79 Å². The third-order valence-corrected chi connectivity index (χ3v) is 4.13. The van der Waals surface area contributed by atoms with Gasteiger partial charge in [0.15, 0.2) is 0 Å². The lowest BCUT2D eigenvalue weighted by Gasteiger charge is -2.21. The highest BCUT2D eigenvalue weighted by Crippen LogP contribution is 2.20. The van der Waals surface area contributed by atoms with Crippen molar-refractivity contribution in [3.63, 3.8) is 0 Å². The number of carbonyl (C=O) groups is 1. The molecule has 110 valence electrons. The quantitative estimate of drug-likeness (QED) is 0.808. The number of ether oxygens (including phenoxy) is 1.